The van der Waals surface area contributed by atoms with Gasteiger partial charge in [-0.25, -0.2) is 9.69 Å². The number of carbonyl (C=O) groups is 3. The third-order valence-corrected chi connectivity index (χ3v) is 8.89. The first-order valence-corrected chi connectivity index (χ1v) is 14.2. The monoisotopic (exact) mass is 617 g/mol. The Morgan fingerprint density at radius 3 is 2.49 bits per heavy atom. The fourth-order valence-electron chi connectivity index (χ4n) is 6.90. The van der Waals surface area contributed by atoms with Gasteiger partial charge in [0.2, 0.25) is 11.8 Å². The molecule has 3 fully saturated rings. The minimum Gasteiger partial charge on any atom is -0.493 e. The Morgan fingerprint density at radius 1 is 1.07 bits per heavy atom. The summed E-state index contributed by atoms with van der Waals surface area (Å²) in [5.74, 6) is -3.60. The molecule has 2 amide bonds. The molecule has 45 heavy (non-hydrogen) atoms. The van der Waals surface area contributed by atoms with Gasteiger partial charge < -0.3 is 14.6 Å². The molecule has 1 aromatic heterocycles. The lowest BCUT2D eigenvalue weighted by Crippen LogP contribution is -2.43. The van der Waals surface area contributed by atoms with E-state index in [9.17, 15) is 28.0 Å². The fraction of sp³-hybridized carbons (Fsp3) is 0.303. The van der Waals surface area contributed by atoms with Crippen LogP contribution in [0, 0.1) is 23.2 Å². The molecule has 3 saturated heterocycles. The Kier molecular flexibility index (Phi) is 7.24. The van der Waals surface area contributed by atoms with Gasteiger partial charge in [-0.3, -0.25) is 14.6 Å². The Labute approximate surface area is 254 Å². The number of nitriles is 1. The van der Waals surface area contributed by atoms with Crippen molar-refractivity contribution in [1.82, 2.24) is 4.98 Å². The van der Waals surface area contributed by atoms with Gasteiger partial charge in [-0.2, -0.15) is 18.4 Å². The molecule has 3 aromatic carbocycles. The molecular formula is C33H26F3N3O6. The van der Waals surface area contributed by atoms with Crippen LogP contribution in [0.3, 0.4) is 0 Å². The number of hydrogen-bond acceptors (Lipinski definition) is 7. The van der Waals surface area contributed by atoms with Crippen molar-refractivity contribution in [2.45, 2.75) is 43.6 Å². The van der Waals surface area contributed by atoms with Gasteiger partial charge >= 0.3 is 12.1 Å². The molecule has 0 aliphatic carbocycles. The number of rotatable bonds is 5. The van der Waals surface area contributed by atoms with E-state index < -0.39 is 35.2 Å². The SMILES string of the molecule is C[C@]12CC[C@](CCOc3ccc4cccnc4c3)(O1)[C@@H]1C(=O)N(c3ccc(C#N)c4ccccc34)C(=O)[C@@H]12.O=C(O)C(F)(F)F. The average Bonchev–Trinajstić information content (AvgIpc) is 3.60. The van der Waals surface area contributed by atoms with Crippen LogP contribution in [0.15, 0.2) is 72.9 Å². The highest BCUT2D eigenvalue weighted by Crippen LogP contribution is 2.62. The molecule has 9 nitrogen and oxygen atoms in total. The molecule has 4 aromatic rings. The van der Waals surface area contributed by atoms with Crippen LogP contribution in [-0.2, 0) is 19.1 Å². The Hall–Kier alpha value is -5.02. The number of halogens is 3. The number of aliphatic carboxylic acids is 1. The highest BCUT2D eigenvalue weighted by atomic mass is 19.4. The molecular weight excluding hydrogens is 591 g/mol. The first-order valence-electron chi connectivity index (χ1n) is 14.2. The molecule has 0 saturated carbocycles. The number of carbonyl (C=O) groups excluding carboxylic acids is 2. The van der Waals surface area contributed by atoms with E-state index in [1.165, 1.54) is 4.90 Å². The molecule has 0 radical (unpaired) electrons. The van der Waals surface area contributed by atoms with E-state index in [0.717, 1.165) is 22.7 Å². The molecule has 3 aliphatic heterocycles. The maximum atomic E-state index is 14.0. The number of anilines is 1. The standard InChI is InChI=1S/C31H25N3O4.C2HF3O2/c1-30-12-13-31(38-30,14-16-37-21-10-8-19-5-4-15-33-24(19)17-21)27-26(30)28(35)34(29(27)36)25-11-9-20(18-32)22-6-2-3-7-23(22)25;3-2(4,5)1(6)7/h2-11,15,17,26-27H,12-14,16H2,1H3;(H,6,7)/t26-,27+,30-,31-;/m1./s1. The van der Waals surface area contributed by atoms with Crippen molar-refractivity contribution in [2.24, 2.45) is 11.8 Å². The molecule has 12 heteroatoms. The fourth-order valence-corrected chi connectivity index (χ4v) is 6.90. The second-order valence-electron chi connectivity index (χ2n) is 11.5. The molecule has 230 valence electrons. The van der Waals surface area contributed by atoms with Gasteiger partial charge in [0.1, 0.15) is 5.75 Å². The van der Waals surface area contributed by atoms with E-state index in [-0.39, 0.29) is 11.8 Å². The van der Waals surface area contributed by atoms with Crippen molar-refractivity contribution in [3.63, 3.8) is 0 Å². The first kappa shape index (κ1) is 30.0. The molecule has 4 atom stereocenters. The van der Waals surface area contributed by atoms with Crippen molar-refractivity contribution in [1.29, 1.82) is 5.26 Å². The van der Waals surface area contributed by atoms with E-state index in [0.29, 0.717) is 41.8 Å². The van der Waals surface area contributed by atoms with Gasteiger partial charge in [-0.05, 0) is 50.1 Å². The molecule has 3 aliphatic rings. The highest BCUT2D eigenvalue weighted by Gasteiger charge is 2.73. The van der Waals surface area contributed by atoms with Crippen LogP contribution in [0.25, 0.3) is 21.7 Å². The number of ether oxygens (including phenoxy) is 2. The normalized spacial score (nSPS) is 25.2. The number of pyridine rings is 1. The van der Waals surface area contributed by atoms with Crippen molar-refractivity contribution in [2.75, 3.05) is 11.5 Å². The van der Waals surface area contributed by atoms with Gasteiger partial charge in [-0.15, -0.1) is 0 Å². The number of nitrogens with zero attached hydrogens (tertiary/aromatic N) is 3. The van der Waals surface area contributed by atoms with Crippen LogP contribution in [0.1, 0.15) is 31.7 Å². The average molecular weight is 618 g/mol. The smallest absolute Gasteiger partial charge is 0.490 e. The summed E-state index contributed by atoms with van der Waals surface area (Å²) in [6.07, 6.45) is -1.41. The summed E-state index contributed by atoms with van der Waals surface area (Å²) in [6.45, 7) is 2.32. The summed E-state index contributed by atoms with van der Waals surface area (Å²) in [5.41, 5.74) is 0.453. The van der Waals surface area contributed by atoms with Crippen LogP contribution < -0.4 is 9.64 Å². The van der Waals surface area contributed by atoms with E-state index in [4.69, 9.17) is 19.4 Å². The number of aromatic nitrogens is 1. The third kappa shape index (κ3) is 5.03. The van der Waals surface area contributed by atoms with E-state index in [2.05, 4.69) is 11.1 Å². The van der Waals surface area contributed by atoms with Crippen molar-refractivity contribution in [3.8, 4) is 11.8 Å². The second-order valence-corrected chi connectivity index (χ2v) is 11.5. The topological polar surface area (TPSA) is 130 Å². The largest absolute Gasteiger partial charge is 0.493 e. The quantitative estimate of drug-likeness (QED) is 0.279. The molecule has 7 rings (SSSR count). The number of alkyl halides is 3. The summed E-state index contributed by atoms with van der Waals surface area (Å²) in [7, 11) is 0. The van der Waals surface area contributed by atoms with Gasteiger partial charge in [0.05, 0.1) is 52.5 Å². The second kappa shape index (κ2) is 10.9. The summed E-state index contributed by atoms with van der Waals surface area (Å²) in [4.78, 5) is 42.5. The lowest BCUT2D eigenvalue weighted by atomic mass is 9.67. The number of hydrogen-bond donors (Lipinski definition) is 1. The molecule has 1 N–H and O–H groups in total. The Bertz CT molecular complexity index is 1910. The highest BCUT2D eigenvalue weighted by molar-refractivity contribution is 6.26. The number of carboxylic acids is 1. The lowest BCUT2D eigenvalue weighted by Gasteiger charge is -2.31. The summed E-state index contributed by atoms with van der Waals surface area (Å²) >= 11 is 0. The summed E-state index contributed by atoms with van der Waals surface area (Å²) < 4.78 is 44.4. The number of benzene rings is 3. The summed E-state index contributed by atoms with van der Waals surface area (Å²) in [6, 6.07) is 22.7. The lowest BCUT2D eigenvalue weighted by molar-refractivity contribution is -0.192. The molecule has 2 bridgehead atoms. The zero-order valence-corrected chi connectivity index (χ0v) is 23.9. The van der Waals surface area contributed by atoms with Crippen molar-refractivity contribution >= 4 is 45.1 Å². The maximum Gasteiger partial charge on any atom is 0.490 e. The number of fused-ring (bicyclic) bond motifs is 7. The Morgan fingerprint density at radius 2 is 1.78 bits per heavy atom. The van der Waals surface area contributed by atoms with Crippen LogP contribution in [-0.4, -0.2) is 51.9 Å². The molecule has 0 spiro atoms. The predicted octanol–water partition coefficient (Wildman–Crippen LogP) is 5.79. The van der Waals surface area contributed by atoms with E-state index in [1.807, 2.05) is 61.5 Å². The van der Waals surface area contributed by atoms with Crippen molar-refractivity contribution < 1.29 is 42.1 Å². The van der Waals surface area contributed by atoms with E-state index >= 15 is 0 Å². The van der Waals surface area contributed by atoms with Crippen molar-refractivity contribution in [3.05, 3.63) is 78.5 Å². The molecule has 4 heterocycles. The van der Waals surface area contributed by atoms with Crippen LogP contribution in [0.5, 0.6) is 5.75 Å². The third-order valence-electron chi connectivity index (χ3n) is 8.89. The van der Waals surface area contributed by atoms with Crippen LogP contribution in [0.4, 0.5) is 18.9 Å². The number of imide groups is 1. The van der Waals surface area contributed by atoms with E-state index in [1.54, 1.807) is 18.3 Å². The first-order chi connectivity index (χ1) is 21.4. The minimum absolute atomic E-state index is 0.222. The zero-order valence-electron chi connectivity index (χ0n) is 23.9. The number of amides is 2. The van der Waals surface area contributed by atoms with Gasteiger partial charge in [-0.1, -0.05) is 30.3 Å². The Balaban J connectivity index is 0.000000460. The van der Waals surface area contributed by atoms with Gasteiger partial charge in [0.15, 0.2) is 0 Å². The van der Waals surface area contributed by atoms with Crippen LogP contribution >= 0.6 is 0 Å². The van der Waals surface area contributed by atoms with Crippen LogP contribution in [0.2, 0.25) is 0 Å². The predicted molar refractivity (Wildman–Crippen MR) is 155 cm³/mol. The minimum atomic E-state index is -5.08. The van der Waals surface area contributed by atoms with Gasteiger partial charge in [0, 0.05) is 34.8 Å². The maximum absolute atomic E-state index is 14.0. The molecule has 0 unspecified atom stereocenters. The zero-order chi connectivity index (χ0) is 32.1. The number of carboxylic acid groups (broad SMARTS) is 1. The van der Waals surface area contributed by atoms with Gasteiger partial charge in [0.25, 0.3) is 0 Å². The summed E-state index contributed by atoms with van der Waals surface area (Å²) in [5, 5.41) is 19.2.